The Balaban J connectivity index is 1.35. The lowest BCUT2D eigenvalue weighted by molar-refractivity contribution is 0.276. The molecular formula is C29H23N7O3. The molecule has 0 saturated carbocycles. The summed E-state index contributed by atoms with van der Waals surface area (Å²) in [5, 5.41) is 9.49. The van der Waals surface area contributed by atoms with E-state index in [-0.39, 0.29) is 12.5 Å². The molecule has 0 saturated heterocycles. The van der Waals surface area contributed by atoms with E-state index in [4.69, 9.17) is 24.3 Å². The van der Waals surface area contributed by atoms with Crippen molar-refractivity contribution in [1.82, 2.24) is 34.3 Å². The van der Waals surface area contributed by atoms with Gasteiger partial charge < -0.3 is 14.2 Å². The number of benzene rings is 2. The van der Waals surface area contributed by atoms with Gasteiger partial charge in [0.15, 0.2) is 23.0 Å². The lowest BCUT2D eigenvalue weighted by Gasteiger charge is -2.26. The van der Waals surface area contributed by atoms with E-state index in [1.165, 1.54) is 0 Å². The third-order valence-electron chi connectivity index (χ3n) is 6.71. The first kappa shape index (κ1) is 22.9. The van der Waals surface area contributed by atoms with Gasteiger partial charge in [0.2, 0.25) is 11.8 Å². The van der Waals surface area contributed by atoms with Gasteiger partial charge in [0.1, 0.15) is 12.9 Å². The SMILES string of the molecule is COc1ccccc1OCc1nc2c3c(ncn2n1)Oc1c(c(C)nn1-c1ccccc1)C3c1cccnc1. The van der Waals surface area contributed by atoms with Crippen molar-refractivity contribution in [1.29, 1.82) is 0 Å². The normalized spacial score (nSPS) is 13.9. The highest BCUT2D eigenvalue weighted by Gasteiger charge is 2.38. The van der Waals surface area contributed by atoms with E-state index < -0.39 is 0 Å². The van der Waals surface area contributed by atoms with Crippen LogP contribution < -0.4 is 14.2 Å². The Morgan fingerprint density at radius 3 is 2.54 bits per heavy atom. The molecule has 0 amide bonds. The second-order valence-electron chi connectivity index (χ2n) is 9.07. The number of ether oxygens (including phenoxy) is 3. The van der Waals surface area contributed by atoms with Crippen molar-refractivity contribution < 1.29 is 14.2 Å². The van der Waals surface area contributed by atoms with Crippen LogP contribution in [-0.4, -0.2) is 41.5 Å². The number of para-hydroxylation sites is 3. The molecule has 6 aromatic rings. The summed E-state index contributed by atoms with van der Waals surface area (Å²) in [6.45, 7) is 2.14. The average molecular weight is 518 g/mol. The van der Waals surface area contributed by atoms with Crippen molar-refractivity contribution in [2.24, 2.45) is 0 Å². The number of fused-ring (bicyclic) bond motifs is 4. The summed E-state index contributed by atoms with van der Waals surface area (Å²) in [5.41, 5.74) is 5.08. The zero-order valence-electron chi connectivity index (χ0n) is 21.2. The monoisotopic (exact) mass is 517 g/mol. The van der Waals surface area contributed by atoms with Crippen molar-refractivity contribution in [3.63, 3.8) is 0 Å². The van der Waals surface area contributed by atoms with Crippen molar-refractivity contribution in [3.05, 3.63) is 114 Å². The summed E-state index contributed by atoms with van der Waals surface area (Å²) in [5.74, 6) is 2.57. The Bertz CT molecular complexity index is 1800. The van der Waals surface area contributed by atoms with Crippen LogP contribution >= 0.6 is 0 Å². The first-order valence-corrected chi connectivity index (χ1v) is 12.4. The van der Waals surface area contributed by atoms with Gasteiger partial charge in [0.25, 0.3) is 0 Å². The first-order chi connectivity index (χ1) is 19.2. The second-order valence-corrected chi connectivity index (χ2v) is 9.07. The van der Waals surface area contributed by atoms with Gasteiger partial charge in [-0.3, -0.25) is 4.98 Å². The zero-order chi connectivity index (χ0) is 26.3. The molecule has 39 heavy (non-hydrogen) atoms. The van der Waals surface area contributed by atoms with Crippen LogP contribution in [0.15, 0.2) is 85.5 Å². The van der Waals surface area contributed by atoms with Gasteiger partial charge in [-0.25, -0.2) is 19.2 Å². The first-order valence-electron chi connectivity index (χ1n) is 12.4. The third-order valence-corrected chi connectivity index (χ3v) is 6.71. The van der Waals surface area contributed by atoms with Crippen LogP contribution in [0.2, 0.25) is 0 Å². The summed E-state index contributed by atoms with van der Waals surface area (Å²) in [6, 6.07) is 21.3. The minimum Gasteiger partial charge on any atom is -0.493 e. The van der Waals surface area contributed by atoms with E-state index in [9.17, 15) is 0 Å². The van der Waals surface area contributed by atoms with Gasteiger partial charge in [0.05, 0.1) is 35.5 Å². The minimum absolute atomic E-state index is 0.158. The standard InChI is InChI=1S/C29H23N7O3/c1-18-24-25(19-9-8-14-30-15-19)26-27-32-23(16-38-22-13-7-6-12-21(22)37-2)34-35(27)17-31-28(26)39-29(24)36(33-18)20-10-4-3-5-11-20/h3-15,17,25H,16H2,1-2H3. The van der Waals surface area contributed by atoms with Crippen LogP contribution in [-0.2, 0) is 6.61 Å². The molecule has 4 aromatic heterocycles. The Kier molecular flexibility index (Phi) is 5.43. The van der Waals surface area contributed by atoms with Gasteiger partial charge >= 0.3 is 0 Å². The third kappa shape index (κ3) is 3.84. The van der Waals surface area contributed by atoms with E-state index >= 15 is 0 Å². The molecule has 0 bridgehead atoms. The molecule has 1 atom stereocenters. The van der Waals surface area contributed by atoms with Crippen molar-refractivity contribution in [2.75, 3.05) is 7.11 Å². The van der Waals surface area contributed by atoms with Crippen molar-refractivity contribution >= 4 is 5.65 Å². The molecule has 0 radical (unpaired) electrons. The molecule has 0 spiro atoms. The van der Waals surface area contributed by atoms with E-state index in [1.807, 2.05) is 84.5 Å². The minimum atomic E-state index is -0.265. The van der Waals surface area contributed by atoms with Crippen molar-refractivity contribution in [2.45, 2.75) is 19.4 Å². The number of nitrogens with zero attached hydrogens (tertiary/aromatic N) is 7. The lowest BCUT2D eigenvalue weighted by atomic mass is 9.85. The molecule has 10 heteroatoms. The zero-order valence-corrected chi connectivity index (χ0v) is 21.2. The maximum Gasteiger partial charge on any atom is 0.230 e. The van der Waals surface area contributed by atoms with E-state index in [1.54, 1.807) is 24.1 Å². The van der Waals surface area contributed by atoms with Crippen molar-refractivity contribution in [3.8, 4) is 28.9 Å². The number of rotatable bonds is 6. The highest BCUT2D eigenvalue weighted by molar-refractivity contribution is 5.66. The Hall–Kier alpha value is -5.25. The summed E-state index contributed by atoms with van der Waals surface area (Å²) in [4.78, 5) is 13.9. The Morgan fingerprint density at radius 2 is 1.74 bits per heavy atom. The fraction of sp³-hybridized carbons (Fsp3) is 0.138. The second kappa shape index (κ2) is 9.25. The molecule has 2 aromatic carbocycles. The predicted molar refractivity (Wildman–Crippen MR) is 142 cm³/mol. The fourth-order valence-corrected chi connectivity index (χ4v) is 4.99. The Labute approximate surface area is 223 Å². The highest BCUT2D eigenvalue weighted by Crippen LogP contribution is 2.49. The summed E-state index contributed by atoms with van der Waals surface area (Å²) >= 11 is 0. The Morgan fingerprint density at radius 1 is 0.923 bits per heavy atom. The number of methoxy groups -OCH3 is 1. The summed E-state index contributed by atoms with van der Waals surface area (Å²) in [6.07, 6.45) is 5.22. The number of hydrogen-bond acceptors (Lipinski definition) is 8. The number of aryl methyl sites for hydroxylation is 1. The molecule has 0 N–H and O–H groups in total. The molecule has 1 aliphatic rings. The van der Waals surface area contributed by atoms with E-state index in [2.05, 4.69) is 15.1 Å². The quantitative estimate of drug-likeness (QED) is 0.307. The maximum absolute atomic E-state index is 6.45. The maximum atomic E-state index is 6.45. The van der Waals surface area contributed by atoms with Gasteiger partial charge in [-0.2, -0.15) is 5.10 Å². The van der Waals surface area contributed by atoms with Gasteiger partial charge in [-0.1, -0.05) is 36.4 Å². The molecule has 0 aliphatic carbocycles. The topological polar surface area (TPSA) is 101 Å². The molecule has 10 nitrogen and oxygen atoms in total. The van der Waals surface area contributed by atoms with Crippen LogP contribution in [0.3, 0.4) is 0 Å². The number of aromatic nitrogens is 7. The smallest absolute Gasteiger partial charge is 0.230 e. The molecular weight excluding hydrogens is 494 g/mol. The van der Waals surface area contributed by atoms with Crippen LogP contribution in [0.4, 0.5) is 0 Å². The fourth-order valence-electron chi connectivity index (χ4n) is 4.99. The van der Waals surface area contributed by atoms with Crippen LogP contribution in [0.1, 0.15) is 34.1 Å². The highest BCUT2D eigenvalue weighted by atomic mass is 16.5. The van der Waals surface area contributed by atoms with Gasteiger partial charge in [-0.05, 0) is 42.8 Å². The molecule has 192 valence electrons. The lowest BCUT2D eigenvalue weighted by Crippen LogP contribution is -2.16. The number of pyridine rings is 1. The van der Waals surface area contributed by atoms with Crippen LogP contribution in [0, 0.1) is 6.92 Å². The van der Waals surface area contributed by atoms with Crippen LogP contribution in [0.25, 0.3) is 11.3 Å². The molecule has 0 fully saturated rings. The molecule has 7 rings (SSSR count). The average Bonchev–Trinajstić information content (AvgIpc) is 3.56. The number of hydrogen-bond donors (Lipinski definition) is 0. The predicted octanol–water partition coefficient (Wildman–Crippen LogP) is 4.89. The largest absolute Gasteiger partial charge is 0.493 e. The summed E-state index contributed by atoms with van der Waals surface area (Å²) < 4.78 is 21.3. The molecule has 5 heterocycles. The van der Waals surface area contributed by atoms with Gasteiger partial charge in [-0.15, -0.1) is 5.10 Å². The molecule has 1 unspecified atom stereocenters. The van der Waals surface area contributed by atoms with Crippen LogP contribution in [0.5, 0.6) is 23.3 Å². The van der Waals surface area contributed by atoms with E-state index in [0.717, 1.165) is 28.1 Å². The molecule has 1 aliphatic heterocycles. The van der Waals surface area contributed by atoms with Gasteiger partial charge in [0, 0.05) is 12.4 Å². The summed E-state index contributed by atoms with van der Waals surface area (Å²) in [7, 11) is 1.61. The van der Waals surface area contributed by atoms with E-state index in [0.29, 0.717) is 34.7 Å².